The van der Waals surface area contributed by atoms with E-state index in [1.54, 1.807) is 0 Å². The van der Waals surface area contributed by atoms with Gasteiger partial charge in [0.15, 0.2) is 0 Å². The van der Waals surface area contributed by atoms with Crippen LogP contribution in [0.2, 0.25) is 19.6 Å². The zero-order valence-electron chi connectivity index (χ0n) is 38.6. The fourth-order valence-corrected chi connectivity index (χ4v) is 8.97. The molecule has 0 amide bonds. The number of nitrogens with zero attached hydrogens (tertiary/aromatic N) is 3. The van der Waals surface area contributed by atoms with Crippen molar-refractivity contribution in [3.8, 4) is 39.5 Å². The fraction of sp³-hybridized carbons (Fsp3) is 0.236. The number of imidazole rings is 1. The van der Waals surface area contributed by atoms with Crippen LogP contribution in [0.4, 0.5) is 0 Å². The monoisotopic (exact) mass is 996 g/mol. The van der Waals surface area contributed by atoms with E-state index in [1.807, 2.05) is 68.6 Å². The molecule has 0 fully saturated rings. The van der Waals surface area contributed by atoms with Crippen LogP contribution in [-0.4, -0.2) is 22.6 Å². The molecule has 0 aliphatic rings. The van der Waals surface area contributed by atoms with Gasteiger partial charge in [0.1, 0.15) is 5.58 Å². The van der Waals surface area contributed by atoms with Gasteiger partial charge in [0.2, 0.25) is 0 Å². The van der Waals surface area contributed by atoms with Crippen molar-refractivity contribution >= 4 is 46.2 Å². The quantitative estimate of drug-likeness (QED) is 0.107. The molecule has 0 N–H and O–H groups in total. The minimum Gasteiger partial charge on any atom is -0.501 e. The molecular formula is C55H55IrN3OSi-2. The van der Waals surface area contributed by atoms with Gasteiger partial charge in [-0.3, -0.25) is 4.98 Å². The van der Waals surface area contributed by atoms with Crippen LogP contribution in [-0.2, 0) is 26.5 Å². The zero-order chi connectivity index (χ0) is 43.9. The molecule has 6 aromatic carbocycles. The van der Waals surface area contributed by atoms with Crippen molar-refractivity contribution in [2.24, 2.45) is 5.92 Å². The van der Waals surface area contributed by atoms with E-state index < -0.39 is 14.4 Å². The molecule has 0 aliphatic heterocycles. The summed E-state index contributed by atoms with van der Waals surface area (Å²) in [6.45, 7) is 19.7. The van der Waals surface area contributed by atoms with Gasteiger partial charge in [-0.2, -0.15) is 0 Å². The van der Waals surface area contributed by atoms with Crippen LogP contribution in [0.15, 0.2) is 144 Å². The van der Waals surface area contributed by atoms with Crippen molar-refractivity contribution in [2.75, 3.05) is 0 Å². The predicted octanol–water partition coefficient (Wildman–Crippen LogP) is 14.6. The largest absolute Gasteiger partial charge is 0.501 e. The minimum atomic E-state index is -1.54. The Bertz CT molecular complexity index is 2990. The topological polar surface area (TPSA) is 43.9 Å². The second-order valence-corrected chi connectivity index (χ2v) is 22.7. The van der Waals surface area contributed by atoms with Crippen LogP contribution in [0.5, 0.6) is 0 Å². The third-order valence-electron chi connectivity index (χ3n) is 11.0. The molecule has 3 aromatic heterocycles. The number of rotatable bonds is 9. The van der Waals surface area contributed by atoms with E-state index in [9.17, 15) is 0 Å². The fourth-order valence-electron chi connectivity index (χ4n) is 7.94. The third-order valence-corrected chi connectivity index (χ3v) is 13.0. The Balaban J connectivity index is 0.000000221. The van der Waals surface area contributed by atoms with Crippen LogP contribution in [0.25, 0.3) is 72.4 Å². The molecule has 0 saturated carbocycles. The molecule has 0 spiro atoms. The van der Waals surface area contributed by atoms with Crippen molar-refractivity contribution in [3.05, 3.63) is 168 Å². The summed E-state index contributed by atoms with van der Waals surface area (Å²) in [5.74, 6) is 1.34. The van der Waals surface area contributed by atoms with E-state index in [-0.39, 0.29) is 26.0 Å². The van der Waals surface area contributed by atoms with Gasteiger partial charge in [0.25, 0.3) is 0 Å². The number of furan rings is 1. The van der Waals surface area contributed by atoms with Crippen molar-refractivity contribution < 1.29 is 27.3 Å². The summed E-state index contributed by atoms with van der Waals surface area (Å²) in [4.78, 5) is 9.86. The van der Waals surface area contributed by atoms with Gasteiger partial charge in [-0.15, -0.1) is 54.1 Å². The normalized spacial score (nSPS) is 12.5. The van der Waals surface area contributed by atoms with Gasteiger partial charge in [-0.05, 0) is 87.6 Å². The maximum atomic E-state index is 8.54. The van der Waals surface area contributed by atoms with Crippen LogP contribution in [0.1, 0.15) is 72.8 Å². The van der Waals surface area contributed by atoms with Crippen LogP contribution in [0.3, 0.4) is 0 Å². The molecule has 9 rings (SSSR count). The molecule has 0 unspecified atom stereocenters. The van der Waals surface area contributed by atoms with Crippen molar-refractivity contribution in [1.82, 2.24) is 14.5 Å². The molecule has 1 radical (unpaired) electrons. The van der Waals surface area contributed by atoms with Gasteiger partial charge in [-0.25, -0.2) is 0 Å². The zero-order valence-corrected chi connectivity index (χ0v) is 40.0. The number of pyridine rings is 1. The first-order chi connectivity index (χ1) is 29.6. The van der Waals surface area contributed by atoms with Crippen molar-refractivity contribution in [3.63, 3.8) is 0 Å². The molecule has 6 heteroatoms. The molecule has 3 heterocycles. The van der Waals surface area contributed by atoms with E-state index in [0.29, 0.717) is 23.1 Å². The van der Waals surface area contributed by atoms with E-state index in [1.165, 1.54) is 33.1 Å². The summed E-state index contributed by atoms with van der Waals surface area (Å²) in [7, 11) is -1.54. The standard InChI is InChI=1S/C37H31N2O.C18H24NSi.Ir/c1-23(2)30-21-26(25-13-6-5-7-14-25)22-31(24(3)4)35(30)39-33-19-10-9-18-32(33)38-37(39)29-17-12-16-28-27-15-8-11-20-34(27)40-36(28)29;1-14(2)11-16-12-17(20(3,4)5)13-19-18(16)15-9-7-6-8-10-15;/h5-16,18-24H,1-4H3;6-9,12-14H,11H2,1-5H3;/q2*-1;/i;11D2;. The Hall–Kier alpha value is -5.39. The Morgan fingerprint density at radius 2 is 1.38 bits per heavy atom. The molecule has 311 valence electrons. The van der Waals surface area contributed by atoms with Gasteiger partial charge >= 0.3 is 0 Å². The molecule has 0 bridgehead atoms. The van der Waals surface area contributed by atoms with Crippen LogP contribution >= 0.6 is 0 Å². The number of para-hydroxylation sites is 3. The van der Waals surface area contributed by atoms with Crippen molar-refractivity contribution in [2.45, 2.75) is 79.4 Å². The number of aromatic nitrogens is 3. The minimum absolute atomic E-state index is 0. The number of hydrogen-bond donors (Lipinski definition) is 0. The predicted molar refractivity (Wildman–Crippen MR) is 256 cm³/mol. The number of benzene rings is 6. The molecule has 4 nitrogen and oxygen atoms in total. The number of hydrogen-bond acceptors (Lipinski definition) is 3. The SMILES string of the molecule is CC(C)c1cc(-c2ccccc2)cc(C(C)C)c1-n1c(-c2[c-]ccc3c2oc2ccccc23)nc2ccccc21.[2H]C([2H])(c1cc([Si](C)(C)C)cnc1-c1[c-]cccc1)C(C)C.[Ir]. The van der Waals surface area contributed by atoms with E-state index in [0.717, 1.165) is 49.9 Å². The number of fused-ring (bicyclic) bond motifs is 4. The Kier molecular flexibility index (Phi) is 12.3. The summed E-state index contributed by atoms with van der Waals surface area (Å²) in [6.07, 6.45) is 0.504. The first-order valence-electron chi connectivity index (χ1n) is 22.2. The molecule has 0 atom stereocenters. The van der Waals surface area contributed by atoms with E-state index in [4.69, 9.17) is 12.1 Å². The third kappa shape index (κ3) is 9.00. The molecule has 0 saturated heterocycles. The van der Waals surface area contributed by atoms with Crippen LogP contribution < -0.4 is 5.19 Å². The average molecular weight is 996 g/mol. The van der Waals surface area contributed by atoms with Gasteiger partial charge in [0, 0.05) is 40.1 Å². The van der Waals surface area contributed by atoms with E-state index >= 15 is 0 Å². The second kappa shape index (κ2) is 18.3. The van der Waals surface area contributed by atoms with Crippen molar-refractivity contribution in [1.29, 1.82) is 0 Å². The average Bonchev–Trinajstić information content (AvgIpc) is 3.85. The Morgan fingerprint density at radius 1 is 0.705 bits per heavy atom. The van der Waals surface area contributed by atoms with Gasteiger partial charge < -0.3 is 14.0 Å². The molecule has 61 heavy (non-hydrogen) atoms. The van der Waals surface area contributed by atoms with E-state index in [2.05, 4.69) is 154 Å². The maximum absolute atomic E-state index is 8.54. The molecule has 0 aliphatic carbocycles. The summed E-state index contributed by atoms with van der Waals surface area (Å²) >= 11 is 0. The Labute approximate surface area is 379 Å². The summed E-state index contributed by atoms with van der Waals surface area (Å²) in [6, 6.07) is 52.5. The summed E-state index contributed by atoms with van der Waals surface area (Å²) < 4.78 is 25.9. The smallest absolute Gasteiger partial charge is 0.120 e. The molecule has 9 aromatic rings. The van der Waals surface area contributed by atoms with Crippen LogP contribution in [0, 0.1) is 18.1 Å². The van der Waals surface area contributed by atoms with Gasteiger partial charge in [0.05, 0.1) is 30.5 Å². The summed E-state index contributed by atoms with van der Waals surface area (Å²) in [5, 5.41) is 3.37. The second-order valence-electron chi connectivity index (χ2n) is 17.6. The Morgan fingerprint density at radius 3 is 2.05 bits per heavy atom. The summed E-state index contributed by atoms with van der Waals surface area (Å²) in [5.41, 5.74) is 13.1. The maximum Gasteiger partial charge on any atom is 0.120 e. The molecular weight excluding hydrogens is 939 g/mol. The first-order valence-corrected chi connectivity index (χ1v) is 24.7. The van der Waals surface area contributed by atoms with Gasteiger partial charge in [-0.1, -0.05) is 144 Å². The first kappa shape index (κ1) is 41.0.